The Morgan fingerprint density at radius 3 is 2.85 bits per heavy atom. The van der Waals surface area contributed by atoms with Gasteiger partial charge in [0, 0.05) is 49.1 Å². The number of aliphatic imine (C=N–C) groups is 1. The van der Waals surface area contributed by atoms with E-state index >= 15 is 0 Å². The molecule has 1 N–H and O–H groups in total. The highest BCUT2D eigenvalue weighted by atomic mass is 127. The van der Waals surface area contributed by atoms with Crippen LogP contribution in [0.3, 0.4) is 0 Å². The Bertz CT molecular complexity index is 729. The largest absolute Gasteiger partial charge is 0.481 e. The molecule has 146 valence electrons. The maximum absolute atomic E-state index is 5.32. The van der Waals surface area contributed by atoms with E-state index in [9.17, 15) is 0 Å². The number of hydrogen-bond donors (Lipinski definition) is 1. The molecule has 1 saturated heterocycles. The van der Waals surface area contributed by atoms with Gasteiger partial charge in [-0.1, -0.05) is 24.3 Å². The van der Waals surface area contributed by atoms with Crippen LogP contribution in [-0.4, -0.2) is 48.8 Å². The summed E-state index contributed by atoms with van der Waals surface area (Å²) in [6, 6.07) is 14.6. The molecule has 5 nitrogen and oxygen atoms in total. The van der Waals surface area contributed by atoms with E-state index in [0.29, 0.717) is 18.3 Å². The SMILES string of the molecule is CN=C(NCc1cccnc1OC)N1CCC(CSc2ccccc2)C1.I. The summed E-state index contributed by atoms with van der Waals surface area (Å²) >= 11 is 1.94. The van der Waals surface area contributed by atoms with Crippen LogP contribution >= 0.6 is 35.7 Å². The molecule has 0 bridgehead atoms. The fraction of sp³-hybridized carbons (Fsp3) is 0.400. The highest BCUT2D eigenvalue weighted by Crippen LogP contribution is 2.26. The van der Waals surface area contributed by atoms with Crippen molar-refractivity contribution in [3.05, 3.63) is 54.2 Å². The monoisotopic (exact) mass is 498 g/mol. The van der Waals surface area contributed by atoms with Gasteiger partial charge in [0.05, 0.1) is 7.11 Å². The average molecular weight is 498 g/mol. The molecular weight excluding hydrogens is 471 g/mol. The van der Waals surface area contributed by atoms with Crippen molar-refractivity contribution in [1.82, 2.24) is 15.2 Å². The van der Waals surface area contributed by atoms with E-state index in [1.54, 1.807) is 13.3 Å². The Morgan fingerprint density at radius 2 is 2.11 bits per heavy atom. The molecular formula is C20H27IN4OS. The minimum Gasteiger partial charge on any atom is -0.481 e. The Balaban J connectivity index is 0.00000261. The minimum absolute atomic E-state index is 0. The van der Waals surface area contributed by atoms with E-state index < -0.39 is 0 Å². The van der Waals surface area contributed by atoms with Crippen LogP contribution in [0.25, 0.3) is 0 Å². The predicted octanol–water partition coefficient (Wildman–Crippen LogP) is 3.90. The van der Waals surface area contributed by atoms with Gasteiger partial charge in [-0.05, 0) is 30.5 Å². The summed E-state index contributed by atoms with van der Waals surface area (Å²) in [6.45, 7) is 2.75. The number of guanidine groups is 1. The molecule has 2 aromatic rings. The second-order valence-corrected chi connectivity index (χ2v) is 7.39. The third-order valence-corrected chi connectivity index (χ3v) is 5.75. The zero-order valence-electron chi connectivity index (χ0n) is 15.8. The van der Waals surface area contributed by atoms with Crippen molar-refractivity contribution in [2.24, 2.45) is 10.9 Å². The van der Waals surface area contributed by atoms with Crippen LogP contribution in [0.2, 0.25) is 0 Å². The average Bonchev–Trinajstić information content (AvgIpc) is 3.17. The molecule has 2 heterocycles. The molecule has 1 aliphatic heterocycles. The lowest BCUT2D eigenvalue weighted by molar-refractivity contribution is 0.391. The summed E-state index contributed by atoms with van der Waals surface area (Å²) < 4.78 is 5.32. The molecule has 0 amide bonds. The Labute approximate surface area is 183 Å². The molecule has 1 aromatic carbocycles. The van der Waals surface area contributed by atoms with E-state index in [-0.39, 0.29) is 24.0 Å². The van der Waals surface area contributed by atoms with Crippen LogP contribution in [0.5, 0.6) is 5.88 Å². The van der Waals surface area contributed by atoms with Crippen molar-refractivity contribution in [2.45, 2.75) is 17.9 Å². The molecule has 1 aromatic heterocycles. The molecule has 27 heavy (non-hydrogen) atoms. The van der Waals surface area contributed by atoms with Gasteiger partial charge in [0.1, 0.15) is 0 Å². The number of likely N-dealkylation sites (tertiary alicyclic amines) is 1. The number of halogens is 1. The smallest absolute Gasteiger partial charge is 0.218 e. The maximum Gasteiger partial charge on any atom is 0.218 e. The molecule has 1 fully saturated rings. The molecule has 0 radical (unpaired) electrons. The molecule has 0 saturated carbocycles. The number of hydrogen-bond acceptors (Lipinski definition) is 4. The maximum atomic E-state index is 5.32. The van der Waals surface area contributed by atoms with E-state index in [1.807, 2.05) is 30.9 Å². The fourth-order valence-corrected chi connectivity index (χ4v) is 4.19. The lowest BCUT2D eigenvalue weighted by atomic mass is 10.2. The summed E-state index contributed by atoms with van der Waals surface area (Å²) in [5.41, 5.74) is 1.03. The van der Waals surface area contributed by atoms with Crippen LogP contribution in [-0.2, 0) is 6.54 Å². The van der Waals surface area contributed by atoms with Gasteiger partial charge in [-0.3, -0.25) is 4.99 Å². The van der Waals surface area contributed by atoms with Gasteiger partial charge in [-0.25, -0.2) is 4.98 Å². The normalized spacial score (nSPS) is 16.7. The highest BCUT2D eigenvalue weighted by Gasteiger charge is 2.25. The van der Waals surface area contributed by atoms with E-state index in [1.165, 1.54) is 11.3 Å². The van der Waals surface area contributed by atoms with Crippen molar-refractivity contribution in [1.29, 1.82) is 0 Å². The second-order valence-electron chi connectivity index (χ2n) is 6.30. The van der Waals surface area contributed by atoms with Crippen molar-refractivity contribution < 1.29 is 4.74 Å². The van der Waals surface area contributed by atoms with Crippen LogP contribution < -0.4 is 10.1 Å². The quantitative estimate of drug-likeness (QED) is 0.284. The van der Waals surface area contributed by atoms with Crippen molar-refractivity contribution in [3.8, 4) is 5.88 Å². The third-order valence-electron chi connectivity index (χ3n) is 4.51. The van der Waals surface area contributed by atoms with Gasteiger partial charge in [0.2, 0.25) is 5.88 Å². The molecule has 7 heteroatoms. The number of ether oxygens (including phenoxy) is 1. The van der Waals surface area contributed by atoms with Gasteiger partial charge in [0.15, 0.2) is 5.96 Å². The highest BCUT2D eigenvalue weighted by molar-refractivity contribution is 14.0. The van der Waals surface area contributed by atoms with Gasteiger partial charge in [-0.2, -0.15) is 0 Å². The van der Waals surface area contributed by atoms with E-state index in [0.717, 1.165) is 30.4 Å². The fourth-order valence-electron chi connectivity index (χ4n) is 3.14. The van der Waals surface area contributed by atoms with Crippen LogP contribution in [0.4, 0.5) is 0 Å². The van der Waals surface area contributed by atoms with Crippen LogP contribution in [0.1, 0.15) is 12.0 Å². The van der Waals surface area contributed by atoms with Gasteiger partial charge >= 0.3 is 0 Å². The first-order valence-electron chi connectivity index (χ1n) is 8.91. The number of thioether (sulfide) groups is 1. The zero-order chi connectivity index (χ0) is 18.2. The molecule has 1 aliphatic rings. The first-order valence-corrected chi connectivity index (χ1v) is 9.90. The Morgan fingerprint density at radius 1 is 1.30 bits per heavy atom. The first kappa shape index (κ1) is 21.8. The number of methoxy groups -OCH3 is 1. The summed E-state index contributed by atoms with van der Waals surface area (Å²) in [6.07, 6.45) is 2.95. The minimum atomic E-state index is 0. The van der Waals surface area contributed by atoms with E-state index in [2.05, 4.69) is 50.5 Å². The Kier molecular flexibility index (Phi) is 9.20. The zero-order valence-corrected chi connectivity index (χ0v) is 18.9. The Hall–Kier alpha value is -1.48. The van der Waals surface area contributed by atoms with Crippen molar-refractivity contribution in [3.63, 3.8) is 0 Å². The molecule has 0 spiro atoms. The number of aromatic nitrogens is 1. The molecule has 1 unspecified atom stereocenters. The lowest BCUT2D eigenvalue weighted by Gasteiger charge is -2.22. The number of rotatable bonds is 6. The number of benzene rings is 1. The van der Waals surface area contributed by atoms with Crippen molar-refractivity contribution >= 4 is 41.7 Å². The molecule has 0 aliphatic carbocycles. The van der Waals surface area contributed by atoms with Crippen molar-refractivity contribution in [2.75, 3.05) is 33.0 Å². The second kappa shape index (κ2) is 11.4. The third kappa shape index (κ3) is 6.27. The van der Waals surface area contributed by atoms with Gasteiger partial charge in [-0.15, -0.1) is 35.7 Å². The molecule has 3 rings (SSSR count). The van der Waals surface area contributed by atoms with E-state index in [4.69, 9.17) is 4.74 Å². The summed E-state index contributed by atoms with van der Waals surface area (Å²) in [4.78, 5) is 12.4. The molecule has 1 atom stereocenters. The number of pyridine rings is 1. The predicted molar refractivity (Wildman–Crippen MR) is 123 cm³/mol. The summed E-state index contributed by atoms with van der Waals surface area (Å²) in [5.74, 6) is 3.44. The summed E-state index contributed by atoms with van der Waals surface area (Å²) in [7, 11) is 3.49. The number of nitrogens with one attached hydrogen (secondary N) is 1. The van der Waals surface area contributed by atoms with Crippen LogP contribution in [0, 0.1) is 5.92 Å². The van der Waals surface area contributed by atoms with Crippen LogP contribution in [0.15, 0.2) is 58.5 Å². The summed E-state index contributed by atoms with van der Waals surface area (Å²) in [5, 5.41) is 3.45. The van der Waals surface area contributed by atoms with Gasteiger partial charge < -0.3 is 15.0 Å². The topological polar surface area (TPSA) is 49.8 Å². The van der Waals surface area contributed by atoms with Gasteiger partial charge in [0.25, 0.3) is 0 Å². The number of nitrogens with zero attached hydrogens (tertiary/aromatic N) is 3. The standard InChI is InChI=1S/C20H26N4OS.HI/c1-21-20(23-13-17-7-6-11-22-19(17)25-2)24-12-10-16(14-24)15-26-18-8-4-3-5-9-18;/h3-9,11,16H,10,12-15H2,1-2H3,(H,21,23);1H. The first-order chi connectivity index (χ1) is 12.8. The lowest BCUT2D eigenvalue weighted by Crippen LogP contribution is -2.39.